The molecule has 0 unspecified atom stereocenters. The van der Waals surface area contributed by atoms with E-state index >= 15 is 0 Å². The number of nitrogens with zero attached hydrogens (tertiary/aromatic N) is 1. The van der Waals surface area contributed by atoms with Gasteiger partial charge >= 0.3 is 0 Å². The van der Waals surface area contributed by atoms with Crippen LogP contribution in [0.25, 0.3) is 0 Å². The molecule has 102 valence electrons. The Balaban J connectivity index is 1.81. The molecule has 0 bridgehead atoms. The Kier molecular flexibility index (Phi) is 5.34. The predicted molar refractivity (Wildman–Crippen MR) is 79.6 cm³/mol. The van der Waals surface area contributed by atoms with Gasteiger partial charge in [-0.25, -0.2) is 4.98 Å². The van der Waals surface area contributed by atoms with Crippen LogP contribution >= 0.6 is 22.9 Å². The number of ether oxygens (including phenoxy) is 1. The third-order valence-electron chi connectivity index (χ3n) is 2.93. The van der Waals surface area contributed by atoms with Crippen molar-refractivity contribution in [1.29, 1.82) is 0 Å². The average molecular weight is 297 g/mol. The fourth-order valence-corrected chi connectivity index (χ4v) is 2.77. The molecule has 1 aromatic carbocycles. The molecule has 2 N–H and O–H groups in total. The number of halogens is 1. The second-order valence-corrected chi connectivity index (χ2v) is 5.64. The van der Waals surface area contributed by atoms with Crippen LogP contribution in [-0.4, -0.2) is 11.6 Å². The summed E-state index contributed by atoms with van der Waals surface area (Å²) < 4.78 is 5.67. The minimum absolute atomic E-state index is 0.505. The number of aromatic nitrogens is 1. The van der Waals surface area contributed by atoms with Crippen molar-refractivity contribution in [3.05, 3.63) is 50.4 Å². The Morgan fingerprint density at radius 2 is 2.26 bits per heavy atom. The minimum atomic E-state index is 0.505. The molecule has 19 heavy (non-hydrogen) atoms. The molecular formula is C14H17ClN2OS. The topological polar surface area (TPSA) is 48.1 Å². The van der Waals surface area contributed by atoms with Crippen LogP contribution in [-0.2, 0) is 24.3 Å². The Morgan fingerprint density at radius 1 is 1.42 bits per heavy atom. The number of benzene rings is 1. The summed E-state index contributed by atoms with van der Waals surface area (Å²) in [5, 5.41) is 0.719. The maximum atomic E-state index is 6.17. The van der Waals surface area contributed by atoms with E-state index in [2.05, 4.69) is 4.98 Å². The zero-order valence-electron chi connectivity index (χ0n) is 10.9. The van der Waals surface area contributed by atoms with E-state index in [4.69, 9.17) is 22.1 Å². The molecule has 0 amide bonds. The van der Waals surface area contributed by atoms with E-state index in [1.54, 1.807) is 11.3 Å². The van der Waals surface area contributed by atoms with Crippen molar-refractivity contribution in [2.24, 2.45) is 5.73 Å². The first kappa shape index (κ1) is 14.5. The molecule has 0 saturated carbocycles. The lowest BCUT2D eigenvalue weighted by Crippen LogP contribution is -2.01. The fraction of sp³-hybridized carbons (Fsp3) is 0.357. The Labute approximate surface area is 122 Å². The van der Waals surface area contributed by atoms with Crippen LogP contribution < -0.4 is 5.73 Å². The summed E-state index contributed by atoms with van der Waals surface area (Å²) in [6, 6.07) is 5.86. The Bertz CT molecular complexity index is 542. The molecule has 2 rings (SSSR count). The van der Waals surface area contributed by atoms with Crippen molar-refractivity contribution in [3.8, 4) is 0 Å². The van der Waals surface area contributed by atoms with Gasteiger partial charge in [-0.1, -0.05) is 23.7 Å². The van der Waals surface area contributed by atoms with Gasteiger partial charge in [-0.3, -0.25) is 0 Å². The summed E-state index contributed by atoms with van der Waals surface area (Å²) in [4.78, 5) is 5.50. The smallest absolute Gasteiger partial charge is 0.0797 e. The molecule has 0 radical (unpaired) electrons. The van der Waals surface area contributed by atoms with Crippen LogP contribution in [0.5, 0.6) is 0 Å². The molecule has 0 aliphatic carbocycles. The molecule has 3 nitrogen and oxygen atoms in total. The number of thiazole rings is 1. The van der Waals surface area contributed by atoms with Crippen LogP contribution in [0, 0.1) is 6.92 Å². The molecule has 0 aliphatic rings. The standard InChI is InChI=1S/C14H17ClN2OS/c1-10-14(19-9-17-10)4-5-18-8-12-3-2-11(7-16)6-13(12)15/h2-3,6,9H,4-5,7-8,16H2,1H3. The first-order valence-corrected chi connectivity index (χ1v) is 7.40. The molecule has 0 spiro atoms. The quantitative estimate of drug-likeness (QED) is 0.832. The van der Waals surface area contributed by atoms with Crippen molar-refractivity contribution < 1.29 is 4.74 Å². The van der Waals surface area contributed by atoms with E-state index in [0.717, 1.165) is 28.3 Å². The van der Waals surface area contributed by atoms with Crippen LogP contribution in [0.15, 0.2) is 23.7 Å². The summed E-state index contributed by atoms with van der Waals surface area (Å²) in [6.07, 6.45) is 0.898. The van der Waals surface area contributed by atoms with Gasteiger partial charge in [-0.15, -0.1) is 11.3 Å². The highest BCUT2D eigenvalue weighted by molar-refractivity contribution is 7.09. The SMILES string of the molecule is Cc1ncsc1CCOCc1ccc(CN)cc1Cl. The van der Waals surface area contributed by atoms with Crippen molar-refractivity contribution in [3.63, 3.8) is 0 Å². The van der Waals surface area contributed by atoms with Gasteiger partial charge in [0.1, 0.15) is 0 Å². The summed E-state index contributed by atoms with van der Waals surface area (Å²) in [5.41, 5.74) is 10.6. The lowest BCUT2D eigenvalue weighted by atomic mass is 10.1. The maximum absolute atomic E-state index is 6.17. The number of nitrogens with two attached hydrogens (primary N) is 1. The monoisotopic (exact) mass is 296 g/mol. The third-order valence-corrected chi connectivity index (χ3v) is 4.28. The van der Waals surface area contributed by atoms with Crippen LogP contribution in [0.3, 0.4) is 0 Å². The second-order valence-electron chi connectivity index (χ2n) is 4.29. The second kappa shape index (κ2) is 7.01. The van der Waals surface area contributed by atoms with Gasteiger partial charge in [0.05, 0.1) is 24.4 Å². The average Bonchev–Trinajstić information content (AvgIpc) is 2.81. The zero-order valence-corrected chi connectivity index (χ0v) is 12.4. The highest BCUT2D eigenvalue weighted by Gasteiger charge is 2.04. The zero-order chi connectivity index (χ0) is 13.7. The molecule has 5 heteroatoms. The normalized spacial score (nSPS) is 10.9. The predicted octanol–water partition coefficient (Wildman–Crippen LogP) is 3.32. The van der Waals surface area contributed by atoms with Gasteiger partial charge in [0.15, 0.2) is 0 Å². The van der Waals surface area contributed by atoms with Crippen LogP contribution in [0.4, 0.5) is 0 Å². The number of hydrogen-bond donors (Lipinski definition) is 1. The molecule has 0 fully saturated rings. The molecule has 2 aromatic rings. The fourth-order valence-electron chi connectivity index (χ4n) is 1.75. The third kappa shape index (κ3) is 4.01. The molecule has 0 aliphatic heterocycles. The highest BCUT2D eigenvalue weighted by Crippen LogP contribution is 2.19. The van der Waals surface area contributed by atoms with Crippen LogP contribution in [0.1, 0.15) is 21.7 Å². The van der Waals surface area contributed by atoms with Crippen molar-refractivity contribution in [2.45, 2.75) is 26.5 Å². The van der Waals surface area contributed by atoms with Gasteiger partial charge in [-0.05, 0) is 24.1 Å². The van der Waals surface area contributed by atoms with E-state index in [1.165, 1.54) is 4.88 Å². The summed E-state index contributed by atoms with van der Waals surface area (Å²) in [6.45, 7) is 3.74. The molecule has 1 aromatic heterocycles. The molecular weight excluding hydrogens is 280 g/mol. The molecule has 0 atom stereocenters. The first-order chi connectivity index (χ1) is 9.20. The number of hydrogen-bond acceptors (Lipinski definition) is 4. The summed E-state index contributed by atoms with van der Waals surface area (Å²) in [7, 11) is 0. The first-order valence-electron chi connectivity index (χ1n) is 6.14. The highest BCUT2D eigenvalue weighted by atomic mass is 35.5. The van der Waals surface area contributed by atoms with Crippen molar-refractivity contribution in [2.75, 3.05) is 6.61 Å². The molecule has 0 saturated heterocycles. The van der Waals surface area contributed by atoms with Gasteiger partial charge in [0.25, 0.3) is 0 Å². The van der Waals surface area contributed by atoms with Gasteiger partial charge in [0.2, 0.25) is 0 Å². The van der Waals surface area contributed by atoms with E-state index in [-0.39, 0.29) is 0 Å². The molecule has 1 heterocycles. The van der Waals surface area contributed by atoms with E-state index in [0.29, 0.717) is 19.8 Å². The maximum Gasteiger partial charge on any atom is 0.0797 e. The van der Waals surface area contributed by atoms with Crippen molar-refractivity contribution >= 4 is 22.9 Å². The summed E-state index contributed by atoms with van der Waals surface area (Å²) in [5.74, 6) is 0. The Morgan fingerprint density at radius 3 is 2.89 bits per heavy atom. The minimum Gasteiger partial charge on any atom is -0.376 e. The summed E-state index contributed by atoms with van der Waals surface area (Å²) >= 11 is 7.84. The lowest BCUT2D eigenvalue weighted by molar-refractivity contribution is 0.124. The van der Waals surface area contributed by atoms with Crippen LogP contribution in [0.2, 0.25) is 5.02 Å². The number of aryl methyl sites for hydroxylation is 1. The van der Waals surface area contributed by atoms with E-state index in [9.17, 15) is 0 Å². The van der Waals surface area contributed by atoms with E-state index < -0.39 is 0 Å². The van der Waals surface area contributed by atoms with Gasteiger partial charge in [-0.2, -0.15) is 0 Å². The Hall–Kier alpha value is -0.940. The number of rotatable bonds is 6. The van der Waals surface area contributed by atoms with Gasteiger partial charge < -0.3 is 10.5 Å². The largest absolute Gasteiger partial charge is 0.376 e. The van der Waals surface area contributed by atoms with Crippen molar-refractivity contribution in [1.82, 2.24) is 4.98 Å². The van der Waals surface area contributed by atoms with E-state index in [1.807, 2.05) is 30.6 Å². The van der Waals surface area contributed by atoms with Gasteiger partial charge in [0, 0.05) is 22.9 Å². The lowest BCUT2D eigenvalue weighted by Gasteiger charge is -2.07.